The summed E-state index contributed by atoms with van der Waals surface area (Å²) >= 11 is 0. The van der Waals surface area contributed by atoms with Gasteiger partial charge in [-0.15, -0.1) is 0 Å². The van der Waals surface area contributed by atoms with Crippen LogP contribution in [0.4, 0.5) is 0 Å². The molecule has 0 radical (unpaired) electrons. The van der Waals surface area contributed by atoms with Crippen LogP contribution in [-0.2, 0) is 7.05 Å². The molecule has 0 N–H and O–H groups in total. The van der Waals surface area contributed by atoms with Gasteiger partial charge in [0.25, 0.3) is 5.56 Å². The Morgan fingerprint density at radius 3 is 2.88 bits per heavy atom. The predicted octanol–water partition coefficient (Wildman–Crippen LogP) is 2.49. The van der Waals surface area contributed by atoms with E-state index in [0.29, 0.717) is 12.4 Å². The molecule has 0 unspecified atom stereocenters. The number of pyridine rings is 1. The van der Waals surface area contributed by atoms with Crippen LogP contribution in [0.3, 0.4) is 0 Å². The lowest BCUT2D eigenvalue weighted by Gasteiger charge is -2.08. The number of allylic oxidation sites excluding steroid dienone is 1. The molecule has 0 saturated carbocycles. The van der Waals surface area contributed by atoms with E-state index in [1.807, 2.05) is 43.3 Å². The van der Waals surface area contributed by atoms with E-state index in [-0.39, 0.29) is 5.56 Å². The fourth-order valence-corrected chi connectivity index (χ4v) is 1.73. The Morgan fingerprint density at radius 2 is 2.12 bits per heavy atom. The zero-order chi connectivity index (χ0) is 12.3. The zero-order valence-electron chi connectivity index (χ0n) is 10.0. The van der Waals surface area contributed by atoms with Crippen LogP contribution in [-0.4, -0.2) is 11.2 Å². The Labute approximate surface area is 100.0 Å². The van der Waals surface area contributed by atoms with Crippen LogP contribution in [0.2, 0.25) is 0 Å². The lowest BCUT2D eigenvalue weighted by Crippen LogP contribution is -2.19. The first-order valence-corrected chi connectivity index (χ1v) is 5.56. The van der Waals surface area contributed by atoms with Gasteiger partial charge in [-0.05, 0) is 19.1 Å². The average Bonchev–Trinajstić information content (AvgIpc) is 2.35. The molecule has 0 aliphatic heterocycles. The number of ether oxygens (including phenoxy) is 1. The highest BCUT2D eigenvalue weighted by Gasteiger charge is 2.06. The smallest absolute Gasteiger partial charge is 0.293 e. The molecule has 1 heterocycles. The maximum Gasteiger partial charge on any atom is 0.293 e. The van der Waals surface area contributed by atoms with Crippen LogP contribution in [0.5, 0.6) is 5.75 Å². The largest absolute Gasteiger partial charge is 0.484 e. The van der Waals surface area contributed by atoms with E-state index < -0.39 is 0 Å². The van der Waals surface area contributed by atoms with Crippen molar-refractivity contribution in [1.29, 1.82) is 0 Å². The Hall–Kier alpha value is -2.03. The topological polar surface area (TPSA) is 31.2 Å². The highest BCUT2D eigenvalue weighted by atomic mass is 16.5. The summed E-state index contributed by atoms with van der Waals surface area (Å²) < 4.78 is 7.06. The standard InChI is InChI=1S/C14H15NO2/c1-3-4-9-17-13-10-11-7-5-6-8-12(11)15(2)14(13)16/h3-8,10H,9H2,1-2H3. The predicted molar refractivity (Wildman–Crippen MR) is 69.5 cm³/mol. The second kappa shape index (κ2) is 4.87. The summed E-state index contributed by atoms with van der Waals surface area (Å²) in [7, 11) is 1.76. The highest BCUT2D eigenvalue weighted by Crippen LogP contribution is 2.15. The molecule has 2 aromatic rings. The van der Waals surface area contributed by atoms with Gasteiger partial charge in [-0.1, -0.05) is 30.4 Å². The lowest BCUT2D eigenvalue weighted by atomic mass is 10.2. The van der Waals surface area contributed by atoms with Crippen LogP contribution in [0.1, 0.15) is 6.92 Å². The molecule has 0 aliphatic carbocycles. The van der Waals surface area contributed by atoms with E-state index in [0.717, 1.165) is 10.9 Å². The Bertz CT molecular complexity index is 611. The quantitative estimate of drug-likeness (QED) is 0.757. The van der Waals surface area contributed by atoms with Crippen LogP contribution in [0.15, 0.2) is 47.3 Å². The third kappa shape index (κ3) is 2.23. The third-order valence-electron chi connectivity index (χ3n) is 2.67. The molecule has 2 rings (SSSR count). The summed E-state index contributed by atoms with van der Waals surface area (Å²) in [6.07, 6.45) is 3.76. The van der Waals surface area contributed by atoms with E-state index in [1.165, 1.54) is 0 Å². The number of hydrogen-bond acceptors (Lipinski definition) is 2. The van der Waals surface area contributed by atoms with Gasteiger partial charge in [0.15, 0.2) is 5.75 Å². The molecule has 88 valence electrons. The minimum atomic E-state index is -0.104. The number of nitrogens with zero attached hydrogens (tertiary/aromatic N) is 1. The minimum absolute atomic E-state index is 0.104. The summed E-state index contributed by atoms with van der Waals surface area (Å²) in [5, 5.41) is 1.00. The number of rotatable bonds is 3. The van der Waals surface area contributed by atoms with Gasteiger partial charge in [0.05, 0.1) is 5.52 Å². The molecule has 0 atom stereocenters. The van der Waals surface area contributed by atoms with Gasteiger partial charge in [-0.2, -0.15) is 0 Å². The first-order chi connectivity index (χ1) is 8.24. The van der Waals surface area contributed by atoms with Crippen molar-refractivity contribution in [2.75, 3.05) is 6.61 Å². The Morgan fingerprint density at radius 1 is 1.35 bits per heavy atom. The molecule has 1 aromatic carbocycles. The van der Waals surface area contributed by atoms with Gasteiger partial charge >= 0.3 is 0 Å². The van der Waals surface area contributed by atoms with Crippen LogP contribution >= 0.6 is 0 Å². The van der Waals surface area contributed by atoms with E-state index in [4.69, 9.17) is 4.74 Å². The van der Waals surface area contributed by atoms with Gasteiger partial charge < -0.3 is 9.30 Å². The Kier molecular flexibility index (Phi) is 3.28. The summed E-state index contributed by atoms with van der Waals surface area (Å²) in [6.45, 7) is 2.34. The Balaban J connectivity index is 2.50. The van der Waals surface area contributed by atoms with Crippen molar-refractivity contribution < 1.29 is 4.74 Å². The van der Waals surface area contributed by atoms with Crippen molar-refractivity contribution >= 4 is 10.9 Å². The van der Waals surface area contributed by atoms with Crippen molar-refractivity contribution in [1.82, 2.24) is 4.57 Å². The number of fused-ring (bicyclic) bond motifs is 1. The summed E-state index contributed by atoms with van der Waals surface area (Å²) in [6, 6.07) is 9.55. The molecular formula is C14H15NO2. The van der Waals surface area contributed by atoms with E-state index in [2.05, 4.69) is 0 Å². The molecule has 17 heavy (non-hydrogen) atoms. The molecule has 3 nitrogen and oxygen atoms in total. The molecule has 0 amide bonds. The normalized spacial score (nSPS) is 11.2. The molecule has 0 spiro atoms. The zero-order valence-corrected chi connectivity index (χ0v) is 10.0. The van der Waals surface area contributed by atoms with Crippen molar-refractivity contribution in [3.05, 3.63) is 52.8 Å². The number of benzene rings is 1. The number of para-hydroxylation sites is 1. The average molecular weight is 229 g/mol. The first kappa shape index (κ1) is 11.5. The molecule has 0 aliphatic rings. The third-order valence-corrected chi connectivity index (χ3v) is 2.67. The van der Waals surface area contributed by atoms with Crippen LogP contribution in [0, 0.1) is 0 Å². The van der Waals surface area contributed by atoms with Gasteiger partial charge in [0, 0.05) is 12.4 Å². The van der Waals surface area contributed by atoms with Crippen molar-refractivity contribution in [3.8, 4) is 5.75 Å². The molecule has 0 saturated heterocycles. The second-order valence-electron chi connectivity index (χ2n) is 3.81. The SMILES string of the molecule is CC=CCOc1cc2ccccc2n(C)c1=O. The lowest BCUT2D eigenvalue weighted by molar-refractivity contribution is 0.356. The maximum atomic E-state index is 12.0. The van der Waals surface area contributed by atoms with Crippen molar-refractivity contribution in [2.24, 2.45) is 7.05 Å². The van der Waals surface area contributed by atoms with E-state index in [9.17, 15) is 4.79 Å². The van der Waals surface area contributed by atoms with Crippen LogP contribution in [0.25, 0.3) is 10.9 Å². The van der Waals surface area contributed by atoms with Gasteiger partial charge in [-0.3, -0.25) is 4.79 Å². The van der Waals surface area contributed by atoms with Crippen LogP contribution < -0.4 is 10.3 Å². The fraction of sp³-hybridized carbons (Fsp3) is 0.214. The molecule has 3 heteroatoms. The molecule has 0 fully saturated rings. The monoisotopic (exact) mass is 229 g/mol. The molecular weight excluding hydrogens is 214 g/mol. The van der Waals surface area contributed by atoms with E-state index >= 15 is 0 Å². The van der Waals surface area contributed by atoms with E-state index in [1.54, 1.807) is 17.7 Å². The number of aryl methyl sites for hydroxylation is 1. The van der Waals surface area contributed by atoms with Gasteiger partial charge in [-0.25, -0.2) is 0 Å². The fourth-order valence-electron chi connectivity index (χ4n) is 1.73. The van der Waals surface area contributed by atoms with Gasteiger partial charge in [0.1, 0.15) is 6.61 Å². The number of aromatic nitrogens is 1. The number of hydrogen-bond donors (Lipinski definition) is 0. The van der Waals surface area contributed by atoms with Gasteiger partial charge in [0.2, 0.25) is 0 Å². The second-order valence-corrected chi connectivity index (χ2v) is 3.81. The summed E-state index contributed by atoms with van der Waals surface area (Å²) in [5.41, 5.74) is 0.809. The minimum Gasteiger partial charge on any atom is -0.484 e. The van der Waals surface area contributed by atoms with Crippen molar-refractivity contribution in [2.45, 2.75) is 6.92 Å². The molecule has 0 bridgehead atoms. The first-order valence-electron chi connectivity index (χ1n) is 5.56. The summed E-state index contributed by atoms with van der Waals surface area (Å²) in [4.78, 5) is 12.0. The molecule has 1 aromatic heterocycles. The summed E-state index contributed by atoms with van der Waals surface area (Å²) in [5.74, 6) is 0.393. The highest BCUT2D eigenvalue weighted by molar-refractivity contribution is 5.80. The van der Waals surface area contributed by atoms with Crippen molar-refractivity contribution in [3.63, 3.8) is 0 Å². The maximum absolute atomic E-state index is 12.0.